The van der Waals surface area contributed by atoms with Crippen molar-refractivity contribution in [1.29, 1.82) is 0 Å². The molecule has 0 fully saturated rings. The van der Waals surface area contributed by atoms with Gasteiger partial charge in [0.25, 0.3) is 0 Å². The minimum atomic E-state index is -0.921. The number of guanidine groups is 1. The zero-order chi connectivity index (χ0) is 18.2. The number of aryl methyl sites for hydroxylation is 2. The van der Waals surface area contributed by atoms with E-state index in [-0.39, 0.29) is 29.7 Å². The molecule has 26 heavy (non-hydrogen) atoms. The zero-order valence-corrected chi connectivity index (χ0v) is 18.1. The molecule has 0 aliphatic carbocycles. The molecule has 2 N–H and O–H groups in total. The standard InChI is InChI=1S/C17H22F2N4OS.HI/c1-11-12(2)25-16(23-11)6-7-21-17(20-3)22-8-9-24-13-4-5-14(18)15(19)10-13;/h4-5,10H,6-9H2,1-3H3,(H2,20,21,22);1H. The van der Waals surface area contributed by atoms with Gasteiger partial charge in [-0.25, -0.2) is 13.8 Å². The van der Waals surface area contributed by atoms with E-state index in [1.165, 1.54) is 10.9 Å². The number of aromatic nitrogens is 1. The molecule has 0 amide bonds. The number of rotatable bonds is 7. The van der Waals surface area contributed by atoms with E-state index in [4.69, 9.17) is 4.74 Å². The van der Waals surface area contributed by atoms with Crippen molar-refractivity contribution in [3.8, 4) is 5.75 Å². The number of nitrogens with one attached hydrogen (secondary N) is 2. The predicted molar refractivity (Wildman–Crippen MR) is 112 cm³/mol. The summed E-state index contributed by atoms with van der Waals surface area (Å²) in [5.74, 6) is -0.867. The lowest BCUT2D eigenvalue weighted by molar-refractivity contribution is 0.318. The largest absolute Gasteiger partial charge is 0.492 e. The van der Waals surface area contributed by atoms with Gasteiger partial charge in [-0.3, -0.25) is 4.99 Å². The Bertz CT molecular complexity index is 720. The predicted octanol–water partition coefficient (Wildman–Crippen LogP) is 3.44. The molecule has 9 heteroatoms. The summed E-state index contributed by atoms with van der Waals surface area (Å²) in [6.07, 6.45) is 0.825. The molecule has 1 aromatic heterocycles. The monoisotopic (exact) mass is 496 g/mol. The summed E-state index contributed by atoms with van der Waals surface area (Å²) in [5, 5.41) is 7.40. The number of thiazole rings is 1. The fourth-order valence-electron chi connectivity index (χ4n) is 2.06. The maximum Gasteiger partial charge on any atom is 0.191 e. The molecule has 0 saturated carbocycles. The van der Waals surface area contributed by atoms with Crippen molar-refractivity contribution < 1.29 is 13.5 Å². The van der Waals surface area contributed by atoms with Crippen LogP contribution in [0.5, 0.6) is 5.75 Å². The van der Waals surface area contributed by atoms with Crippen LogP contribution in [0.4, 0.5) is 8.78 Å². The van der Waals surface area contributed by atoms with E-state index >= 15 is 0 Å². The molecule has 0 bridgehead atoms. The van der Waals surface area contributed by atoms with Gasteiger partial charge >= 0.3 is 0 Å². The van der Waals surface area contributed by atoms with E-state index < -0.39 is 11.6 Å². The van der Waals surface area contributed by atoms with Crippen molar-refractivity contribution in [2.45, 2.75) is 20.3 Å². The molecule has 0 spiro atoms. The minimum absolute atomic E-state index is 0. The number of hydrogen-bond acceptors (Lipinski definition) is 4. The Balaban J connectivity index is 0.00000338. The first-order valence-electron chi connectivity index (χ1n) is 7.95. The van der Waals surface area contributed by atoms with Crippen LogP contribution < -0.4 is 15.4 Å². The van der Waals surface area contributed by atoms with Gasteiger partial charge < -0.3 is 15.4 Å². The molecule has 1 aromatic carbocycles. The first-order chi connectivity index (χ1) is 12.0. The van der Waals surface area contributed by atoms with Gasteiger partial charge in [0.15, 0.2) is 17.6 Å². The van der Waals surface area contributed by atoms with Gasteiger partial charge in [-0.2, -0.15) is 0 Å². The summed E-state index contributed by atoms with van der Waals surface area (Å²) in [6, 6.07) is 3.46. The fourth-order valence-corrected chi connectivity index (χ4v) is 2.99. The highest BCUT2D eigenvalue weighted by atomic mass is 127. The van der Waals surface area contributed by atoms with E-state index in [2.05, 4.69) is 27.5 Å². The molecule has 0 radical (unpaired) electrons. The number of halogens is 3. The molecule has 144 valence electrons. The molecule has 0 aliphatic rings. The van der Waals surface area contributed by atoms with E-state index in [1.807, 2.05) is 6.92 Å². The minimum Gasteiger partial charge on any atom is -0.492 e. The molecule has 0 atom stereocenters. The van der Waals surface area contributed by atoms with Crippen LogP contribution in [0.15, 0.2) is 23.2 Å². The smallest absolute Gasteiger partial charge is 0.191 e. The van der Waals surface area contributed by atoms with Gasteiger partial charge in [-0.15, -0.1) is 35.3 Å². The quantitative estimate of drug-likeness (QED) is 0.267. The van der Waals surface area contributed by atoms with Crippen LogP contribution in [0.3, 0.4) is 0 Å². The molecular weight excluding hydrogens is 473 g/mol. The Morgan fingerprint density at radius 1 is 1.19 bits per heavy atom. The molecular formula is C17H23F2IN4OS. The second kappa shape index (κ2) is 11.3. The summed E-state index contributed by atoms with van der Waals surface area (Å²) in [5.41, 5.74) is 1.08. The molecule has 0 unspecified atom stereocenters. The number of aliphatic imine (C=N–C) groups is 1. The van der Waals surface area contributed by atoms with Gasteiger partial charge in [-0.05, 0) is 26.0 Å². The van der Waals surface area contributed by atoms with Crippen molar-refractivity contribution in [3.05, 3.63) is 45.4 Å². The van der Waals surface area contributed by atoms with Crippen LogP contribution in [0.25, 0.3) is 0 Å². The third-order valence-electron chi connectivity index (χ3n) is 3.48. The number of ether oxygens (including phenoxy) is 1. The van der Waals surface area contributed by atoms with E-state index in [0.29, 0.717) is 19.1 Å². The zero-order valence-electron chi connectivity index (χ0n) is 14.9. The topological polar surface area (TPSA) is 58.5 Å². The fraction of sp³-hybridized carbons (Fsp3) is 0.412. The summed E-state index contributed by atoms with van der Waals surface area (Å²) in [4.78, 5) is 9.86. The van der Waals surface area contributed by atoms with Gasteiger partial charge in [0, 0.05) is 31.0 Å². The maximum atomic E-state index is 13.1. The van der Waals surface area contributed by atoms with Crippen LogP contribution in [0, 0.1) is 25.5 Å². The van der Waals surface area contributed by atoms with Gasteiger partial charge in [0.05, 0.1) is 17.2 Å². The Kier molecular flexibility index (Phi) is 9.78. The van der Waals surface area contributed by atoms with Crippen LogP contribution in [-0.4, -0.2) is 37.7 Å². The van der Waals surface area contributed by atoms with Crippen molar-refractivity contribution in [3.63, 3.8) is 0 Å². The molecule has 0 aliphatic heterocycles. The van der Waals surface area contributed by atoms with Gasteiger partial charge in [0.1, 0.15) is 12.4 Å². The number of nitrogens with zero attached hydrogens (tertiary/aromatic N) is 2. The second-order valence-corrected chi connectivity index (χ2v) is 6.64. The summed E-state index contributed by atoms with van der Waals surface area (Å²) < 4.78 is 31.3. The molecule has 5 nitrogen and oxygen atoms in total. The molecule has 0 saturated heterocycles. The Morgan fingerprint density at radius 2 is 1.92 bits per heavy atom. The lowest BCUT2D eigenvalue weighted by atomic mass is 10.3. The Hall–Kier alpha value is -1.49. The highest BCUT2D eigenvalue weighted by Crippen LogP contribution is 2.16. The van der Waals surface area contributed by atoms with Crippen molar-refractivity contribution in [2.75, 3.05) is 26.7 Å². The lowest BCUT2D eigenvalue weighted by Gasteiger charge is -2.12. The molecule has 2 aromatic rings. The maximum absolute atomic E-state index is 13.1. The Labute approximate surface area is 173 Å². The first-order valence-corrected chi connectivity index (χ1v) is 8.76. The summed E-state index contributed by atoms with van der Waals surface area (Å²) in [6.45, 7) is 5.58. The third-order valence-corrected chi connectivity index (χ3v) is 4.61. The van der Waals surface area contributed by atoms with Crippen LogP contribution in [-0.2, 0) is 6.42 Å². The van der Waals surface area contributed by atoms with E-state index in [1.54, 1.807) is 18.4 Å². The number of hydrogen-bond donors (Lipinski definition) is 2. The summed E-state index contributed by atoms with van der Waals surface area (Å²) >= 11 is 1.71. The molecule has 2 rings (SSSR count). The normalized spacial score (nSPS) is 11.0. The first kappa shape index (κ1) is 22.6. The van der Waals surface area contributed by atoms with Gasteiger partial charge in [0.2, 0.25) is 0 Å². The Morgan fingerprint density at radius 3 is 2.54 bits per heavy atom. The number of benzene rings is 1. The van der Waals surface area contributed by atoms with E-state index in [9.17, 15) is 8.78 Å². The SMILES string of the molecule is CN=C(NCCOc1ccc(F)c(F)c1)NCCc1nc(C)c(C)s1.I. The van der Waals surface area contributed by atoms with E-state index in [0.717, 1.165) is 35.8 Å². The van der Waals surface area contributed by atoms with Crippen LogP contribution >= 0.6 is 35.3 Å². The van der Waals surface area contributed by atoms with Crippen molar-refractivity contribution in [2.24, 2.45) is 4.99 Å². The highest BCUT2D eigenvalue weighted by Gasteiger charge is 2.05. The third kappa shape index (κ3) is 7.02. The second-order valence-electron chi connectivity index (χ2n) is 5.35. The highest BCUT2D eigenvalue weighted by molar-refractivity contribution is 14.0. The summed E-state index contributed by atoms with van der Waals surface area (Å²) in [7, 11) is 1.68. The van der Waals surface area contributed by atoms with Gasteiger partial charge in [-0.1, -0.05) is 0 Å². The molecule has 1 heterocycles. The average molecular weight is 496 g/mol. The average Bonchev–Trinajstić information content (AvgIpc) is 2.91. The lowest BCUT2D eigenvalue weighted by Crippen LogP contribution is -2.40. The van der Waals surface area contributed by atoms with Crippen molar-refractivity contribution >= 4 is 41.3 Å². The van der Waals surface area contributed by atoms with Crippen molar-refractivity contribution in [1.82, 2.24) is 15.6 Å². The van der Waals surface area contributed by atoms with Crippen LogP contribution in [0.2, 0.25) is 0 Å². The van der Waals surface area contributed by atoms with Crippen LogP contribution in [0.1, 0.15) is 15.6 Å².